The van der Waals surface area contributed by atoms with E-state index in [0.29, 0.717) is 30.7 Å². The SMILES string of the molecule is O=C(N[C@H]1CC=CC[C@@H]2CC[C@@H](C(=O)O)N2C1=O)c1ccccc1Cl. The molecule has 7 heteroatoms. The van der Waals surface area contributed by atoms with Gasteiger partial charge in [-0.25, -0.2) is 4.79 Å². The Hall–Kier alpha value is -2.34. The van der Waals surface area contributed by atoms with Gasteiger partial charge >= 0.3 is 5.97 Å². The fourth-order valence-corrected chi connectivity index (χ4v) is 3.68. The number of carbonyl (C=O) groups excluding carboxylic acids is 2. The van der Waals surface area contributed by atoms with E-state index >= 15 is 0 Å². The number of carbonyl (C=O) groups is 3. The second-order valence-corrected chi connectivity index (χ2v) is 6.69. The van der Waals surface area contributed by atoms with Crippen LogP contribution in [0.15, 0.2) is 36.4 Å². The van der Waals surface area contributed by atoms with Crippen molar-refractivity contribution < 1.29 is 19.5 Å². The maximum atomic E-state index is 12.9. The molecular formula is C18H19ClN2O4. The van der Waals surface area contributed by atoms with Crippen molar-refractivity contribution in [2.24, 2.45) is 0 Å². The predicted molar refractivity (Wildman–Crippen MR) is 92.4 cm³/mol. The number of rotatable bonds is 3. The summed E-state index contributed by atoms with van der Waals surface area (Å²) in [6.07, 6.45) is 5.86. The summed E-state index contributed by atoms with van der Waals surface area (Å²) in [5.74, 6) is -1.79. The highest BCUT2D eigenvalue weighted by molar-refractivity contribution is 6.33. The van der Waals surface area contributed by atoms with Crippen molar-refractivity contribution in [1.82, 2.24) is 10.2 Å². The quantitative estimate of drug-likeness (QED) is 0.807. The molecule has 1 saturated heterocycles. The Morgan fingerprint density at radius 1 is 1.16 bits per heavy atom. The third kappa shape index (κ3) is 3.54. The third-order valence-electron chi connectivity index (χ3n) is 4.71. The van der Waals surface area contributed by atoms with Crippen LogP contribution in [-0.2, 0) is 9.59 Å². The second-order valence-electron chi connectivity index (χ2n) is 6.28. The topological polar surface area (TPSA) is 86.7 Å². The Balaban J connectivity index is 1.82. The van der Waals surface area contributed by atoms with Gasteiger partial charge in [-0.2, -0.15) is 0 Å². The Morgan fingerprint density at radius 2 is 1.88 bits per heavy atom. The normalized spacial score (nSPS) is 25.9. The Kier molecular flexibility index (Phi) is 5.08. The van der Waals surface area contributed by atoms with Gasteiger partial charge in [0.1, 0.15) is 12.1 Å². The van der Waals surface area contributed by atoms with E-state index < -0.39 is 24.0 Å². The fourth-order valence-electron chi connectivity index (χ4n) is 3.46. The van der Waals surface area contributed by atoms with Crippen molar-refractivity contribution in [3.63, 3.8) is 0 Å². The van der Waals surface area contributed by atoms with Gasteiger partial charge in [0.05, 0.1) is 10.6 Å². The number of halogens is 1. The third-order valence-corrected chi connectivity index (χ3v) is 5.04. The minimum absolute atomic E-state index is 0.134. The monoisotopic (exact) mass is 362 g/mol. The van der Waals surface area contributed by atoms with Crippen molar-refractivity contribution in [1.29, 1.82) is 0 Å². The van der Waals surface area contributed by atoms with Crippen molar-refractivity contribution >= 4 is 29.4 Å². The van der Waals surface area contributed by atoms with Gasteiger partial charge < -0.3 is 15.3 Å². The van der Waals surface area contributed by atoms with Gasteiger partial charge in [-0.05, 0) is 37.8 Å². The van der Waals surface area contributed by atoms with E-state index in [0.717, 1.165) is 0 Å². The van der Waals surface area contributed by atoms with Gasteiger partial charge in [0, 0.05) is 6.04 Å². The summed E-state index contributed by atoms with van der Waals surface area (Å²) in [6, 6.07) is 4.83. The van der Waals surface area contributed by atoms with Crippen LogP contribution in [0.25, 0.3) is 0 Å². The summed E-state index contributed by atoms with van der Waals surface area (Å²) in [5.41, 5.74) is 0.288. The van der Waals surface area contributed by atoms with Crippen LogP contribution >= 0.6 is 11.6 Å². The number of hydrogen-bond donors (Lipinski definition) is 2. The maximum Gasteiger partial charge on any atom is 0.326 e. The number of benzene rings is 1. The fraction of sp³-hybridized carbons (Fsp3) is 0.389. The Morgan fingerprint density at radius 3 is 2.60 bits per heavy atom. The van der Waals surface area contributed by atoms with E-state index in [1.165, 1.54) is 4.90 Å². The zero-order valence-electron chi connectivity index (χ0n) is 13.5. The number of nitrogens with one attached hydrogen (secondary N) is 1. The molecule has 0 radical (unpaired) electrons. The zero-order valence-corrected chi connectivity index (χ0v) is 14.3. The molecule has 1 aromatic rings. The summed E-state index contributed by atoms with van der Waals surface area (Å²) >= 11 is 6.04. The molecule has 0 saturated carbocycles. The lowest BCUT2D eigenvalue weighted by atomic mass is 10.0. The summed E-state index contributed by atoms with van der Waals surface area (Å²) in [5, 5.41) is 12.4. The summed E-state index contributed by atoms with van der Waals surface area (Å²) in [4.78, 5) is 38.3. The lowest BCUT2D eigenvalue weighted by Crippen LogP contribution is -2.54. The lowest BCUT2D eigenvalue weighted by Gasteiger charge is -2.32. The van der Waals surface area contributed by atoms with E-state index in [9.17, 15) is 19.5 Å². The highest BCUT2D eigenvalue weighted by atomic mass is 35.5. The molecule has 0 unspecified atom stereocenters. The van der Waals surface area contributed by atoms with Crippen LogP contribution in [0.5, 0.6) is 0 Å². The van der Waals surface area contributed by atoms with Gasteiger partial charge in [-0.1, -0.05) is 35.9 Å². The van der Waals surface area contributed by atoms with Crippen molar-refractivity contribution in [3.05, 3.63) is 47.0 Å². The Labute approximate surface area is 150 Å². The average molecular weight is 363 g/mol. The number of hydrogen-bond acceptors (Lipinski definition) is 3. The largest absolute Gasteiger partial charge is 0.480 e. The number of carboxylic acid groups (broad SMARTS) is 1. The molecule has 0 bridgehead atoms. The minimum atomic E-state index is -1.00. The molecule has 132 valence electrons. The molecule has 3 atom stereocenters. The molecule has 2 N–H and O–H groups in total. The number of carboxylic acids is 1. The van der Waals surface area contributed by atoms with E-state index in [1.807, 2.05) is 12.2 Å². The van der Waals surface area contributed by atoms with E-state index in [2.05, 4.69) is 5.32 Å². The van der Waals surface area contributed by atoms with E-state index in [4.69, 9.17) is 11.6 Å². The van der Waals surface area contributed by atoms with Gasteiger partial charge in [-0.15, -0.1) is 0 Å². The molecule has 2 amide bonds. The maximum absolute atomic E-state index is 12.9. The first-order valence-electron chi connectivity index (χ1n) is 8.24. The Bertz CT molecular complexity index is 734. The smallest absolute Gasteiger partial charge is 0.326 e. The number of nitrogens with zero attached hydrogens (tertiary/aromatic N) is 1. The van der Waals surface area contributed by atoms with Crippen LogP contribution in [0.2, 0.25) is 5.02 Å². The predicted octanol–water partition coefficient (Wildman–Crippen LogP) is 2.23. The summed E-state index contributed by atoms with van der Waals surface area (Å²) < 4.78 is 0. The van der Waals surface area contributed by atoms with Crippen molar-refractivity contribution in [2.45, 2.75) is 43.8 Å². The highest BCUT2D eigenvalue weighted by Gasteiger charge is 2.43. The van der Waals surface area contributed by atoms with E-state index in [-0.39, 0.29) is 17.5 Å². The molecule has 0 aromatic heterocycles. The van der Waals surface area contributed by atoms with Gasteiger partial charge in [0.2, 0.25) is 5.91 Å². The van der Waals surface area contributed by atoms with Crippen molar-refractivity contribution in [2.75, 3.05) is 0 Å². The van der Waals surface area contributed by atoms with Crippen LogP contribution in [0.1, 0.15) is 36.0 Å². The van der Waals surface area contributed by atoms with Gasteiger partial charge in [-0.3, -0.25) is 9.59 Å². The van der Waals surface area contributed by atoms with Crippen LogP contribution in [0, 0.1) is 0 Å². The number of amides is 2. The highest BCUT2D eigenvalue weighted by Crippen LogP contribution is 2.29. The van der Waals surface area contributed by atoms with Crippen LogP contribution < -0.4 is 5.32 Å². The average Bonchev–Trinajstić information content (AvgIpc) is 2.99. The van der Waals surface area contributed by atoms with Crippen LogP contribution in [0.4, 0.5) is 0 Å². The number of aliphatic carboxylic acids is 1. The molecule has 25 heavy (non-hydrogen) atoms. The lowest BCUT2D eigenvalue weighted by molar-refractivity contribution is -0.150. The molecule has 0 spiro atoms. The molecule has 2 aliphatic heterocycles. The summed E-state index contributed by atoms with van der Waals surface area (Å²) in [6.45, 7) is 0. The molecule has 2 aliphatic rings. The van der Waals surface area contributed by atoms with E-state index in [1.54, 1.807) is 24.3 Å². The summed E-state index contributed by atoms with van der Waals surface area (Å²) in [7, 11) is 0. The molecule has 2 heterocycles. The van der Waals surface area contributed by atoms with Gasteiger partial charge in [0.25, 0.3) is 5.91 Å². The second kappa shape index (κ2) is 7.27. The zero-order chi connectivity index (χ0) is 18.0. The van der Waals surface area contributed by atoms with Crippen LogP contribution in [0.3, 0.4) is 0 Å². The van der Waals surface area contributed by atoms with Gasteiger partial charge in [0.15, 0.2) is 0 Å². The molecule has 1 aromatic carbocycles. The molecule has 1 fully saturated rings. The first-order chi connectivity index (χ1) is 12.0. The first kappa shape index (κ1) is 17.5. The number of fused-ring (bicyclic) bond motifs is 1. The first-order valence-corrected chi connectivity index (χ1v) is 8.62. The van der Waals surface area contributed by atoms with Crippen LogP contribution in [-0.4, -0.2) is 45.9 Å². The molecular weight excluding hydrogens is 344 g/mol. The standard InChI is InChI=1S/C18H19ClN2O4/c19-13-7-3-2-6-12(13)16(22)20-14-8-4-1-5-11-9-10-15(18(24)25)21(11)17(14)23/h1-4,6-7,11,14-15H,5,8-10H2,(H,20,22)(H,24,25)/t11-,14+,15+/m1/s1. The molecule has 6 nitrogen and oxygen atoms in total. The minimum Gasteiger partial charge on any atom is -0.480 e. The molecule has 0 aliphatic carbocycles. The van der Waals surface area contributed by atoms with Crippen molar-refractivity contribution in [3.8, 4) is 0 Å². The molecule has 3 rings (SSSR count).